The van der Waals surface area contributed by atoms with E-state index in [0.29, 0.717) is 16.8 Å². The summed E-state index contributed by atoms with van der Waals surface area (Å²) in [6.07, 6.45) is 3.23. The van der Waals surface area contributed by atoms with Crippen LogP contribution >= 0.6 is 23.1 Å². The highest BCUT2D eigenvalue weighted by Gasteiger charge is 2.23. The number of amides is 1. The summed E-state index contributed by atoms with van der Waals surface area (Å²) >= 11 is 2.89. The molecule has 4 rings (SSSR count). The quantitative estimate of drug-likeness (QED) is 0.490. The normalized spacial score (nSPS) is 14.4. The van der Waals surface area contributed by atoms with E-state index in [-0.39, 0.29) is 5.91 Å². The molecule has 1 N–H and O–H groups in total. The predicted molar refractivity (Wildman–Crippen MR) is 126 cm³/mol. The molecule has 0 saturated carbocycles. The van der Waals surface area contributed by atoms with Crippen LogP contribution in [0.1, 0.15) is 18.4 Å². The number of para-hydroxylation sites is 2. The smallest absolute Gasteiger partial charge is 0.233 e. The van der Waals surface area contributed by atoms with Gasteiger partial charge in [0.05, 0.1) is 18.6 Å². The molecule has 1 amide bonds. The summed E-state index contributed by atoms with van der Waals surface area (Å²) < 4.78 is 6.13. The first-order chi connectivity index (χ1) is 15.2. The van der Waals surface area contributed by atoms with E-state index in [1.807, 2.05) is 29.2 Å². The number of thioether (sulfide) groups is 1. The first-order valence-corrected chi connectivity index (χ1v) is 12.2. The van der Waals surface area contributed by atoms with Gasteiger partial charge in [0.25, 0.3) is 0 Å². The Bertz CT molecular complexity index is 988. The third kappa shape index (κ3) is 5.98. The molecular weight excluding hydrogens is 428 g/mol. The lowest BCUT2D eigenvalue weighted by atomic mass is 9.90. The van der Waals surface area contributed by atoms with Crippen molar-refractivity contribution in [2.75, 3.05) is 31.3 Å². The largest absolute Gasteiger partial charge is 0.495 e. The summed E-state index contributed by atoms with van der Waals surface area (Å²) in [6, 6.07) is 18.3. The number of anilines is 2. The van der Waals surface area contributed by atoms with E-state index < -0.39 is 0 Å². The Morgan fingerprint density at radius 2 is 1.87 bits per heavy atom. The Hall–Kier alpha value is -2.58. The van der Waals surface area contributed by atoms with Crippen LogP contribution in [0, 0.1) is 5.92 Å². The van der Waals surface area contributed by atoms with Gasteiger partial charge in [-0.2, -0.15) is 0 Å². The average molecular weight is 455 g/mol. The van der Waals surface area contributed by atoms with E-state index >= 15 is 0 Å². The van der Waals surface area contributed by atoms with Gasteiger partial charge in [-0.05, 0) is 42.9 Å². The van der Waals surface area contributed by atoms with Crippen molar-refractivity contribution in [1.29, 1.82) is 0 Å². The monoisotopic (exact) mass is 454 g/mol. The van der Waals surface area contributed by atoms with Gasteiger partial charge in [-0.25, -0.2) is 0 Å². The molecule has 31 heavy (non-hydrogen) atoms. The van der Waals surface area contributed by atoms with E-state index in [4.69, 9.17) is 4.74 Å². The SMILES string of the molecule is COc1ccccc1Nc1nnc(SCC(=O)N2CCC(Cc3ccccc3)CC2)s1. The standard InChI is InChI=1S/C23H26N4O2S2/c1-29-20-10-6-5-9-19(20)24-22-25-26-23(31-22)30-16-21(28)27-13-11-18(12-14-27)15-17-7-3-2-4-8-17/h2-10,18H,11-16H2,1H3,(H,24,25). The summed E-state index contributed by atoms with van der Waals surface area (Å²) in [5.41, 5.74) is 2.23. The van der Waals surface area contributed by atoms with E-state index in [2.05, 4.69) is 45.8 Å². The zero-order chi connectivity index (χ0) is 21.5. The number of hydrogen-bond acceptors (Lipinski definition) is 7. The van der Waals surface area contributed by atoms with Gasteiger partial charge in [0.15, 0.2) is 4.34 Å². The number of carbonyl (C=O) groups is 1. The molecule has 1 fully saturated rings. The molecule has 0 aliphatic carbocycles. The Labute approximate surface area is 191 Å². The number of rotatable bonds is 8. The highest BCUT2D eigenvalue weighted by molar-refractivity contribution is 8.01. The van der Waals surface area contributed by atoms with Gasteiger partial charge in [-0.3, -0.25) is 4.79 Å². The molecular formula is C23H26N4O2S2. The van der Waals surface area contributed by atoms with Crippen LogP contribution in [0.4, 0.5) is 10.8 Å². The lowest BCUT2D eigenvalue weighted by Gasteiger charge is -2.32. The van der Waals surface area contributed by atoms with Crippen molar-refractivity contribution < 1.29 is 9.53 Å². The summed E-state index contributed by atoms with van der Waals surface area (Å²) in [4.78, 5) is 14.6. The average Bonchev–Trinajstić information content (AvgIpc) is 3.26. The molecule has 162 valence electrons. The van der Waals surface area contributed by atoms with Gasteiger partial charge in [0.1, 0.15) is 5.75 Å². The third-order valence-corrected chi connectivity index (χ3v) is 7.37. The summed E-state index contributed by atoms with van der Waals surface area (Å²) in [5.74, 6) is 1.98. The van der Waals surface area contributed by atoms with Crippen molar-refractivity contribution in [3.8, 4) is 5.75 Å². The van der Waals surface area contributed by atoms with E-state index in [1.54, 1.807) is 7.11 Å². The molecule has 1 aromatic heterocycles. The predicted octanol–water partition coefficient (Wildman–Crippen LogP) is 4.86. The molecule has 0 atom stereocenters. The maximum Gasteiger partial charge on any atom is 0.233 e. The van der Waals surface area contributed by atoms with Gasteiger partial charge >= 0.3 is 0 Å². The van der Waals surface area contributed by atoms with Crippen molar-refractivity contribution >= 4 is 39.8 Å². The van der Waals surface area contributed by atoms with Crippen LogP contribution in [-0.4, -0.2) is 47.0 Å². The maximum atomic E-state index is 12.6. The number of benzene rings is 2. The summed E-state index contributed by atoms with van der Waals surface area (Å²) in [6.45, 7) is 1.68. The van der Waals surface area contributed by atoms with Gasteiger partial charge < -0.3 is 15.0 Å². The van der Waals surface area contributed by atoms with Crippen molar-refractivity contribution in [3.05, 3.63) is 60.2 Å². The molecule has 2 aromatic carbocycles. The second-order valence-electron chi connectivity index (χ2n) is 7.50. The molecule has 1 saturated heterocycles. The number of likely N-dealkylation sites (tertiary alicyclic amines) is 1. The number of nitrogens with one attached hydrogen (secondary N) is 1. The second kappa shape index (κ2) is 10.6. The van der Waals surface area contributed by atoms with Gasteiger partial charge in [0, 0.05) is 13.1 Å². The summed E-state index contributed by atoms with van der Waals surface area (Å²) in [7, 11) is 1.64. The van der Waals surface area contributed by atoms with Crippen LogP contribution in [-0.2, 0) is 11.2 Å². The van der Waals surface area contributed by atoms with Crippen LogP contribution in [0.25, 0.3) is 0 Å². The molecule has 2 heterocycles. The van der Waals surface area contributed by atoms with Crippen LogP contribution in [0.5, 0.6) is 5.75 Å². The van der Waals surface area contributed by atoms with Crippen molar-refractivity contribution in [2.45, 2.75) is 23.6 Å². The highest BCUT2D eigenvalue weighted by Crippen LogP contribution is 2.31. The molecule has 6 nitrogen and oxygen atoms in total. The molecule has 1 aliphatic rings. The molecule has 0 radical (unpaired) electrons. The maximum absolute atomic E-state index is 12.6. The molecule has 0 spiro atoms. The number of ether oxygens (including phenoxy) is 1. The van der Waals surface area contributed by atoms with Gasteiger partial charge in [-0.1, -0.05) is 65.6 Å². The van der Waals surface area contributed by atoms with Crippen molar-refractivity contribution in [1.82, 2.24) is 15.1 Å². The zero-order valence-corrected chi connectivity index (χ0v) is 19.1. The summed E-state index contributed by atoms with van der Waals surface area (Å²) in [5, 5.41) is 12.3. The van der Waals surface area contributed by atoms with E-state index in [0.717, 1.165) is 48.1 Å². The Morgan fingerprint density at radius 3 is 2.65 bits per heavy atom. The fourth-order valence-corrected chi connectivity index (χ4v) is 5.40. The fourth-order valence-electron chi connectivity index (χ4n) is 3.73. The highest BCUT2D eigenvalue weighted by atomic mass is 32.2. The van der Waals surface area contributed by atoms with Crippen LogP contribution < -0.4 is 10.1 Å². The fraction of sp³-hybridized carbons (Fsp3) is 0.348. The van der Waals surface area contributed by atoms with Gasteiger partial charge in [0.2, 0.25) is 11.0 Å². The first kappa shape index (κ1) is 21.6. The minimum atomic E-state index is 0.178. The topological polar surface area (TPSA) is 67.3 Å². The van der Waals surface area contributed by atoms with E-state index in [1.165, 1.54) is 28.7 Å². The lowest BCUT2D eigenvalue weighted by molar-refractivity contribution is -0.129. The Kier molecular flexibility index (Phi) is 7.43. The Balaban J connectivity index is 1.22. The number of methoxy groups -OCH3 is 1. The number of piperidine rings is 1. The van der Waals surface area contributed by atoms with Crippen LogP contribution in [0.3, 0.4) is 0 Å². The number of nitrogens with zero attached hydrogens (tertiary/aromatic N) is 3. The molecule has 8 heteroatoms. The molecule has 1 aliphatic heterocycles. The van der Waals surface area contributed by atoms with Crippen LogP contribution in [0.15, 0.2) is 58.9 Å². The number of carbonyl (C=O) groups excluding carboxylic acids is 1. The van der Waals surface area contributed by atoms with Crippen molar-refractivity contribution in [2.24, 2.45) is 5.92 Å². The second-order valence-corrected chi connectivity index (χ2v) is 9.70. The van der Waals surface area contributed by atoms with E-state index in [9.17, 15) is 4.79 Å². The Morgan fingerprint density at radius 1 is 1.13 bits per heavy atom. The minimum absolute atomic E-state index is 0.178. The van der Waals surface area contributed by atoms with Gasteiger partial charge in [-0.15, -0.1) is 10.2 Å². The zero-order valence-electron chi connectivity index (χ0n) is 17.5. The van der Waals surface area contributed by atoms with Crippen LogP contribution in [0.2, 0.25) is 0 Å². The third-order valence-electron chi connectivity index (χ3n) is 5.41. The molecule has 0 bridgehead atoms. The first-order valence-electron chi connectivity index (χ1n) is 10.4. The molecule has 0 unspecified atom stereocenters. The minimum Gasteiger partial charge on any atom is -0.495 e. The van der Waals surface area contributed by atoms with Crippen molar-refractivity contribution in [3.63, 3.8) is 0 Å². The molecule has 3 aromatic rings. The lowest BCUT2D eigenvalue weighted by Crippen LogP contribution is -2.39. The number of hydrogen-bond donors (Lipinski definition) is 1. The number of aromatic nitrogens is 2.